The summed E-state index contributed by atoms with van der Waals surface area (Å²) in [7, 11) is 0. The van der Waals surface area contributed by atoms with Gasteiger partial charge in [0.2, 0.25) is 0 Å². The second-order valence-electron chi connectivity index (χ2n) is 7.48. The summed E-state index contributed by atoms with van der Waals surface area (Å²) in [5, 5.41) is 8.39. The highest BCUT2D eigenvalue weighted by Crippen LogP contribution is 2.36. The normalized spacial score (nSPS) is 24.4. The van der Waals surface area contributed by atoms with Crippen LogP contribution in [0.15, 0.2) is 12.3 Å². The van der Waals surface area contributed by atoms with Crippen LogP contribution in [-0.4, -0.2) is 21.9 Å². The van der Waals surface area contributed by atoms with Crippen LogP contribution in [0.3, 0.4) is 0 Å². The van der Waals surface area contributed by atoms with Crippen LogP contribution in [0.4, 0.5) is 0 Å². The van der Waals surface area contributed by atoms with Gasteiger partial charge in [0, 0.05) is 17.8 Å². The van der Waals surface area contributed by atoms with Gasteiger partial charge in [0.05, 0.1) is 5.69 Å². The molecule has 1 aromatic heterocycles. The van der Waals surface area contributed by atoms with E-state index in [0.29, 0.717) is 6.04 Å². The summed E-state index contributed by atoms with van der Waals surface area (Å²) in [5.41, 5.74) is 1.51. The highest BCUT2D eigenvalue weighted by molar-refractivity contribution is 5.03. The molecule has 1 aromatic rings. The Bertz CT molecular complexity index is 416. The molecule has 114 valence electrons. The first kappa shape index (κ1) is 15.6. The number of nitrogens with zero attached hydrogens (tertiary/aromatic N) is 2. The van der Waals surface area contributed by atoms with Gasteiger partial charge in [-0.2, -0.15) is 5.10 Å². The van der Waals surface area contributed by atoms with E-state index < -0.39 is 0 Å². The lowest BCUT2D eigenvalue weighted by atomic mass is 9.71. The number of nitrogens with one attached hydrogen (secondary N) is 1. The molecule has 1 fully saturated rings. The van der Waals surface area contributed by atoms with E-state index in [2.05, 4.69) is 56.9 Å². The Morgan fingerprint density at radius 2 is 2.05 bits per heavy atom. The zero-order valence-corrected chi connectivity index (χ0v) is 13.8. The van der Waals surface area contributed by atoms with Crippen molar-refractivity contribution in [2.45, 2.75) is 71.9 Å². The largest absolute Gasteiger partial charge is 0.312 e. The van der Waals surface area contributed by atoms with Crippen molar-refractivity contribution < 1.29 is 0 Å². The topological polar surface area (TPSA) is 29.9 Å². The molecule has 1 saturated carbocycles. The van der Waals surface area contributed by atoms with E-state index in [1.54, 1.807) is 0 Å². The standard InChI is InChI=1S/C17H31N3/c1-6-13(2)20-10-9-16(19-20)11-14-7-8-15(14)12-18-17(3,4)5/h9-10,13-15,18H,6-8,11-12H2,1-5H3. The van der Waals surface area contributed by atoms with Gasteiger partial charge in [0.1, 0.15) is 0 Å². The molecule has 0 radical (unpaired) electrons. The zero-order valence-electron chi connectivity index (χ0n) is 13.8. The molecule has 3 atom stereocenters. The van der Waals surface area contributed by atoms with E-state index in [9.17, 15) is 0 Å². The summed E-state index contributed by atoms with van der Waals surface area (Å²) in [4.78, 5) is 0. The lowest BCUT2D eigenvalue weighted by molar-refractivity contribution is 0.158. The van der Waals surface area contributed by atoms with Gasteiger partial charge in [-0.1, -0.05) is 6.92 Å². The minimum atomic E-state index is 0.234. The molecule has 1 aliphatic carbocycles. The third-order valence-electron chi connectivity index (χ3n) is 4.65. The van der Waals surface area contributed by atoms with Crippen molar-refractivity contribution >= 4 is 0 Å². The Hall–Kier alpha value is -0.830. The van der Waals surface area contributed by atoms with Crippen LogP contribution in [0.1, 0.15) is 65.6 Å². The van der Waals surface area contributed by atoms with Crippen molar-refractivity contribution in [2.24, 2.45) is 11.8 Å². The van der Waals surface area contributed by atoms with Crippen molar-refractivity contribution in [1.82, 2.24) is 15.1 Å². The summed E-state index contributed by atoms with van der Waals surface area (Å²) in [6.07, 6.45) is 7.18. The Kier molecular flexibility index (Phi) is 4.90. The first-order chi connectivity index (χ1) is 9.39. The molecule has 0 bridgehead atoms. The van der Waals surface area contributed by atoms with Gasteiger partial charge in [0.25, 0.3) is 0 Å². The van der Waals surface area contributed by atoms with Gasteiger partial charge < -0.3 is 5.32 Å². The molecule has 20 heavy (non-hydrogen) atoms. The van der Waals surface area contributed by atoms with E-state index >= 15 is 0 Å². The number of hydrogen-bond donors (Lipinski definition) is 1. The summed E-state index contributed by atoms with van der Waals surface area (Å²) < 4.78 is 2.12. The van der Waals surface area contributed by atoms with Crippen molar-refractivity contribution in [2.75, 3.05) is 6.54 Å². The maximum atomic E-state index is 4.74. The molecule has 0 aliphatic heterocycles. The maximum Gasteiger partial charge on any atom is 0.0627 e. The number of rotatable bonds is 6. The summed E-state index contributed by atoms with van der Waals surface area (Å²) in [6.45, 7) is 12.3. The van der Waals surface area contributed by atoms with Gasteiger partial charge in [0.15, 0.2) is 0 Å². The van der Waals surface area contributed by atoms with E-state index in [1.807, 2.05) is 0 Å². The lowest BCUT2D eigenvalue weighted by Crippen LogP contribution is -2.44. The van der Waals surface area contributed by atoms with Crippen LogP contribution in [0.2, 0.25) is 0 Å². The fraction of sp³-hybridized carbons (Fsp3) is 0.824. The van der Waals surface area contributed by atoms with Gasteiger partial charge in [-0.05, 0) is 77.8 Å². The summed E-state index contributed by atoms with van der Waals surface area (Å²) in [5.74, 6) is 1.66. The highest BCUT2D eigenvalue weighted by Gasteiger charge is 2.31. The van der Waals surface area contributed by atoms with Crippen molar-refractivity contribution in [3.63, 3.8) is 0 Å². The average Bonchev–Trinajstić information content (AvgIpc) is 2.81. The first-order valence-electron chi connectivity index (χ1n) is 8.18. The molecular weight excluding hydrogens is 246 g/mol. The lowest BCUT2D eigenvalue weighted by Gasteiger charge is -2.38. The second kappa shape index (κ2) is 6.30. The van der Waals surface area contributed by atoms with Crippen LogP contribution in [0.25, 0.3) is 0 Å². The number of aromatic nitrogens is 2. The molecule has 1 N–H and O–H groups in total. The molecule has 1 heterocycles. The van der Waals surface area contributed by atoms with Gasteiger partial charge in [-0.3, -0.25) is 4.68 Å². The minimum Gasteiger partial charge on any atom is -0.312 e. The van der Waals surface area contributed by atoms with Crippen LogP contribution in [0, 0.1) is 11.8 Å². The minimum absolute atomic E-state index is 0.234. The van der Waals surface area contributed by atoms with E-state index in [-0.39, 0.29) is 5.54 Å². The predicted octanol–water partition coefficient (Wildman–Crippen LogP) is 3.81. The molecule has 1 aliphatic rings. The van der Waals surface area contributed by atoms with Crippen LogP contribution >= 0.6 is 0 Å². The Morgan fingerprint density at radius 3 is 2.60 bits per heavy atom. The van der Waals surface area contributed by atoms with E-state index in [0.717, 1.165) is 31.2 Å². The molecule has 3 heteroatoms. The predicted molar refractivity (Wildman–Crippen MR) is 84.9 cm³/mol. The second-order valence-corrected chi connectivity index (χ2v) is 7.48. The molecule has 0 amide bonds. The summed E-state index contributed by atoms with van der Waals surface area (Å²) >= 11 is 0. The zero-order chi connectivity index (χ0) is 14.8. The smallest absolute Gasteiger partial charge is 0.0627 e. The Balaban J connectivity index is 1.83. The summed E-state index contributed by atoms with van der Waals surface area (Å²) in [6, 6.07) is 2.72. The van der Waals surface area contributed by atoms with E-state index in [1.165, 1.54) is 18.5 Å². The third-order valence-corrected chi connectivity index (χ3v) is 4.65. The van der Waals surface area contributed by atoms with Crippen LogP contribution in [0.5, 0.6) is 0 Å². The van der Waals surface area contributed by atoms with Crippen molar-refractivity contribution in [1.29, 1.82) is 0 Å². The molecule has 3 nitrogen and oxygen atoms in total. The molecule has 0 saturated heterocycles. The highest BCUT2D eigenvalue weighted by atomic mass is 15.3. The average molecular weight is 277 g/mol. The van der Waals surface area contributed by atoms with Gasteiger partial charge >= 0.3 is 0 Å². The van der Waals surface area contributed by atoms with Crippen LogP contribution < -0.4 is 5.32 Å². The maximum absolute atomic E-state index is 4.74. The molecule has 2 rings (SSSR count). The third kappa shape index (κ3) is 4.08. The molecule has 0 aromatic carbocycles. The SMILES string of the molecule is CCC(C)n1ccc(CC2CCC2CNC(C)(C)C)n1. The molecular formula is C17H31N3. The first-order valence-corrected chi connectivity index (χ1v) is 8.18. The quantitative estimate of drug-likeness (QED) is 0.857. The van der Waals surface area contributed by atoms with Crippen LogP contribution in [-0.2, 0) is 6.42 Å². The van der Waals surface area contributed by atoms with Gasteiger partial charge in [-0.15, -0.1) is 0 Å². The van der Waals surface area contributed by atoms with Crippen molar-refractivity contribution in [3.8, 4) is 0 Å². The molecule has 0 spiro atoms. The fourth-order valence-corrected chi connectivity index (χ4v) is 2.80. The Labute approximate surface area is 124 Å². The van der Waals surface area contributed by atoms with Crippen molar-refractivity contribution in [3.05, 3.63) is 18.0 Å². The van der Waals surface area contributed by atoms with E-state index in [4.69, 9.17) is 5.10 Å². The Morgan fingerprint density at radius 1 is 1.35 bits per heavy atom. The molecule has 3 unspecified atom stereocenters. The monoisotopic (exact) mass is 277 g/mol. The fourth-order valence-electron chi connectivity index (χ4n) is 2.80. The van der Waals surface area contributed by atoms with Gasteiger partial charge in [-0.25, -0.2) is 0 Å². The number of hydrogen-bond acceptors (Lipinski definition) is 2.